The van der Waals surface area contributed by atoms with Gasteiger partial charge in [0.1, 0.15) is 18.2 Å². The van der Waals surface area contributed by atoms with Gasteiger partial charge in [0, 0.05) is 6.42 Å². The minimum Gasteiger partial charge on any atom is -0.490 e. The van der Waals surface area contributed by atoms with Crippen LogP contribution in [-0.4, -0.2) is 85.5 Å². The van der Waals surface area contributed by atoms with Crippen LogP contribution < -0.4 is 14.8 Å². The van der Waals surface area contributed by atoms with Crippen LogP contribution in [0, 0.1) is 0 Å². The fourth-order valence-electron chi connectivity index (χ4n) is 7.72. The number of rotatable bonds is 38. The Hall–Kier alpha value is -2.49. The van der Waals surface area contributed by atoms with Gasteiger partial charge < -0.3 is 34.5 Å². The van der Waals surface area contributed by atoms with E-state index in [1.807, 2.05) is 0 Å². The molecule has 5 atom stereocenters. The Kier molecular flexibility index (Phi) is 30.4. The molecular weight excluding hydrogens is 803 g/mol. The van der Waals surface area contributed by atoms with E-state index >= 15 is 0 Å². The van der Waals surface area contributed by atoms with E-state index in [0.717, 1.165) is 64.2 Å². The summed E-state index contributed by atoms with van der Waals surface area (Å²) in [6.07, 6.45) is 23.7. The molecule has 14 heteroatoms. The second-order valence-corrected chi connectivity index (χ2v) is 17.8. The number of unbranched alkanes of at least 4 members (excludes halogenated alkanes) is 24. The molecule has 1 aromatic rings. The van der Waals surface area contributed by atoms with E-state index in [0.29, 0.717) is 31.1 Å². The Morgan fingerprint density at radius 2 is 1.08 bits per heavy atom. The average molecular weight is 886 g/mol. The fourth-order valence-corrected chi connectivity index (χ4v) is 8.23. The van der Waals surface area contributed by atoms with Crippen LogP contribution in [0.4, 0.5) is 0 Å². The first-order valence-electron chi connectivity index (χ1n) is 24.0. The first-order chi connectivity index (χ1) is 29.5. The molecule has 0 aromatic heterocycles. The Labute approximate surface area is 368 Å². The number of aliphatic hydroxyl groups is 2. The lowest BCUT2D eigenvalue weighted by molar-refractivity contribution is -0.248. The lowest BCUT2D eigenvalue weighted by Crippen LogP contribution is -2.66. The Bertz CT molecular complexity index is 1400. The number of hydrogen-bond donors (Lipinski definition) is 4. The third kappa shape index (κ3) is 24.8. The standard InChI is InChI=1S/C47H83NO12S/c1-4-7-10-13-16-19-20-21-22-25-28-31-42(50)48-43-45(44(60-61(53,54)55)41(37-49)58-47(43)52)59-46(51)38-32-33-39(56-34-29-26-23-17-14-11-8-5-2)40(36-38)57-35-30-27-24-18-15-12-9-6-3/h32-33,36,41,43-45,47,49,52H,4-31,34-35,37H2,1-3H3,(H,48,50)(H,53,54,55)/t41-,43-,44-,45-,47?/m1/s1. The summed E-state index contributed by atoms with van der Waals surface area (Å²) in [5, 5.41) is 23.7. The summed E-state index contributed by atoms with van der Waals surface area (Å²) >= 11 is 0. The summed E-state index contributed by atoms with van der Waals surface area (Å²) in [5.74, 6) is -0.607. The molecule has 1 amide bonds. The molecule has 61 heavy (non-hydrogen) atoms. The van der Waals surface area contributed by atoms with Crippen LogP contribution >= 0.6 is 0 Å². The van der Waals surface area contributed by atoms with Gasteiger partial charge in [0.05, 0.1) is 25.4 Å². The molecular formula is C47H83NO12S. The molecule has 13 nitrogen and oxygen atoms in total. The van der Waals surface area contributed by atoms with E-state index in [9.17, 15) is 32.8 Å². The van der Waals surface area contributed by atoms with E-state index in [-0.39, 0.29) is 12.0 Å². The van der Waals surface area contributed by atoms with Gasteiger partial charge in [-0.2, -0.15) is 8.42 Å². The van der Waals surface area contributed by atoms with E-state index in [4.69, 9.17) is 23.1 Å². The molecule has 354 valence electrons. The highest BCUT2D eigenvalue weighted by atomic mass is 32.3. The van der Waals surface area contributed by atoms with Crippen molar-refractivity contribution in [3.8, 4) is 11.5 Å². The molecule has 1 heterocycles. The normalized spacial score (nSPS) is 19.1. The zero-order valence-electron chi connectivity index (χ0n) is 38.0. The second kappa shape index (κ2) is 34.0. The van der Waals surface area contributed by atoms with Crippen LogP contribution in [0.1, 0.15) is 211 Å². The maximum atomic E-state index is 13.9. The molecule has 0 spiro atoms. The number of amides is 1. The van der Waals surface area contributed by atoms with Crippen molar-refractivity contribution < 1.29 is 55.9 Å². The third-order valence-electron chi connectivity index (χ3n) is 11.3. The van der Waals surface area contributed by atoms with Crippen molar-refractivity contribution in [1.29, 1.82) is 0 Å². The molecule has 0 bridgehead atoms. The van der Waals surface area contributed by atoms with Gasteiger partial charge in [0.2, 0.25) is 5.91 Å². The van der Waals surface area contributed by atoms with E-state index in [1.54, 1.807) is 6.07 Å². The summed E-state index contributed by atoms with van der Waals surface area (Å²) in [6, 6.07) is 3.12. The van der Waals surface area contributed by atoms with Crippen LogP contribution in [0.15, 0.2) is 18.2 Å². The maximum Gasteiger partial charge on any atom is 0.397 e. The molecule has 1 unspecified atom stereocenters. The highest BCUT2D eigenvalue weighted by Crippen LogP contribution is 2.32. The molecule has 1 aliphatic heterocycles. The number of carbonyl (C=O) groups is 2. The van der Waals surface area contributed by atoms with Crippen molar-refractivity contribution in [1.82, 2.24) is 5.32 Å². The van der Waals surface area contributed by atoms with E-state index in [1.165, 1.54) is 115 Å². The Balaban J connectivity index is 2.14. The molecule has 0 saturated carbocycles. The summed E-state index contributed by atoms with van der Waals surface area (Å²) in [6.45, 7) is 6.65. The van der Waals surface area contributed by atoms with Gasteiger partial charge in [-0.15, -0.1) is 0 Å². The lowest BCUT2D eigenvalue weighted by atomic mass is 9.96. The zero-order chi connectivity index (χ0) is 44.6. The third-order valence-corrected chi connectivity index (χ3v) is 11.8. The molecule has 4 N–H and O–H groups in total. The Morgan fingerprint density at radius 1 is 0.639 bits per heavy atom. The number of hydrogen-bond acceptors (Lipinski definition) is 11. The van der Waals surface area contributed by atoms with Gasteiger partial charge in [-0.25, -0.2) is 8.98 Å². The van der Waals surface area contributed by atoms with Gasteiger partial charge in [0.15, 0.2) is 23.9 Å². The zero-order valence-corrected chi connectivity index (χ0v) is 38.8. The highest BCUT2D eigenvalue weighted by molar-refractivity contribution is 7.80. The topological polar surface area (TPSA) is 187 Å². The predicted molar refractivity (Wildman–Crippen MR) is 239 cm³/mol. The smallest absolute Gasteiger partial charge is 0.397 e. The van der Waals surface area contributed by atoms with Gasteiger partial charge >= 0.3 is 16.4 Å². The van der Waals surface area contributed by atoms with Crippen molar-refractivity contribution >= 4 is 22.3 Å². The summed E-state index contributed by atoms with van der Waals surface area (Å²) in [5.41, 5.74) is 0.0310. The van der Waals surface area contributed by atoms with Crippen molar-refractivity contribution in [3.63, 3.8) is 0 Å². The van der Waals surface area contributed by atoms with Crippen LogP contribution in [0.2, 0.25) is 0 Å². The van der Waals surface area contributed by atoms with Crippen LogP contribution in [0.25, 0.3) is 0 Å². The summed E-state index contributed by atoms with van der Waals surface area (Å²) in [4.78, 5) is 27.0. The molecule has 1 aliphatic rings. The Morgan fingerprint density at radius 3 is 1.54 bits per heavy atom. The van der Waals surface area contributed by atoms with E-state index < -0.39 is 59.5 Å². The first-order valence-corrected chi connectivity index (χ1v) is 25.4. The maximum absolute atomic E-state index is 13.9. The van der Waals surface area contributed by atoms with Crippen LogP contribution in [-0.2, 0) is 28.9 Å². The minimum atomic E-state index is -5.17. The molecule has 0 aliphatic carbocycles. The quantitative estimate of drug-likeness (QED) is 0.0280. The monoisotopic (exact) mass is 886 g/mol. The van der Waals surface area contributed by atoms with Crippen LogP contribution in [0.3, 0.4) is 0 Å². The molecule has 1 saturated heterocycles. The van der Waals surface area contributed by atoms with Gasteiger partial charge in [0.25, 0.3) is 0 Å². The van der Waals surface area contributed by atoms with Crippen molar-refractivity contribution in [2.45, 2.75) is 231 Å². The van der Waals surface area contributed by atoms with Crippen molar-refractivity contribution in [3.05, 3.63) is 23.8 Å². The average Bonchev–Trinajstić information content (AvgIpc) is 3.23. The first kappa shape index (κ1) is 54.6. The fraction of sp³-hybridized carbons (Fsp3) is 0.830. The number of ether oxygens (including phenoxy) is 4. The minimum absolute atomic E-state index is 0.0310. The number of carbonyl (C=O) groups excluding carboxylic acids is 2. The number of benzene rings is 1. The summed E-state index contributed by atoms with van der Waals surface area (Å²) in [7, 11) is -5.17. The van der Waals surface area contributed by atoms with E-state index in [2.05, 4.69) is 26.1 Å². The SMILES string of the molecule is CCCCCCCCCCCCCC(=O)N[C@H]1C(O)O[C@H](CO)[C@@H](OS(=O)(=O)O)[C@@H]1OC(=O)c1ccc(OCCCCCCCCCC)c(OCCCCCCCCCC)c1. The number of nitrogens with one attached hydrogen (secondary N) is 1. The molecule has 2 rings (SSSR count). The van der Waals surface area contributed by atoms with Gasteiger partial charge in [-0.3, -0.25) is 9.35 Å². The highest BCUT2D eigenvalue weighted by Gasteiger charge is 2.50. The lowest BCUT2D eigenvalue weighted by Gasteiger charge is -2.43. The predicted octanol–water partition coefficient (Wildman–Crippen LogP) is 10.3. The summed E-state index contributed by atoms with van der Waals surface area (Å²) < 4.78 is 62.0. The largest absolute Gasteiger partial charge is 0.490 e. The second-order valence-electron chi connectivity index (χ2n) is 16.8. The van der Waals surface area contributed by atoms with Crippen molar-refractivity contribution in [2.75, 3.05) is 19.8 Å². The van der Waals surface area contributed by atoms with Gasteiger partial charge in [-0.1, -0.05) is 175 Å². The van der Waals surface area contributed by atoms with Gasteiger partial charge in [-0.05, 0) is 37.5 Å². The number of aliphatic hydroxyl groups excluding tert-OH is 2. The molecule has 1 fully saturated rings. The van der Waals surface area contributed by atoms with Crippen LogP contribution in [0.5, 0.6) is 11.5 Å². The van der Waals surface area contributed by atoms with Crippen molar-refractivity contribution in [2.24, 2.45) is 0 Å². The molecule has 0 radical (unpaired) electrons. The number of esters is 1. The molecule has 1 aromatic carbocycles.